The predicted molar refractivity (Wildman–Crippen MR) is 140 cm³/mol. The number of thioether (sulfide) groups is 2. The van der Waals surface area contributed by atoms with Crippen molar-refractivity contribution in [2.45, 2.75) is 21.0 Å². The number of rotatable bonds is 11. The maximum Gasteiger partial charge on any atom is 0.250 e. The van der Waals surface area contributed by atoms with Crippen LogP contribution in [0, 0.1) is 0 Å². The van der Waals surface area contributed by atoms with Crippen molar-refractivity contribution >= 4 is 47.0 Å². The third kappa shape index (κ3) is 8.02. The van der Waals surface area contributed by atoms with Crippen LogP contribution in [-0.4, -0.2) is 28.1 Å². The first kappa shape index (κ1) is 24.0. The number of nitrogens with zero attached hydrogens (tertiary/aromatic N) is 3. The standard InChI is InChI=1S/C25H22N4O2S3/c30-23(18-33-25-29-28-24(34-25)32-17-21-9-5-2-6-10-21)27-26-15-19-11-13-22(14-12-19)31-16-20-7-3-1-4-8-20/h1-15H,16-18H2,(H,27,30)/b26-15+. The quantitative estimate of drug-likeness (QED) is 0.161. The highest BCUT2D eigenvalue weighted by atomic mass is 32.2. The molecule has 1 heterocycles. The number of carbonyl (C=O) groups is 1. The molecule has 0 atom stereocenters. The normalized spacial score (nSPS) is 10.9. The van der Waals surface area contributed by atoms with Crippen LogP contribution < -0.4 is 10.2 Å². The monoisotopic (exact) mass is 506 g/mol. The van der Waals surface area contributed by atoms with Crippen LogP contribution in [0.3, 0.4) is 0 Å². The lowest BCUT2D eigenvalue weighted by atomic mass is 10.2. The van der Waals surface area contributed by atoms with Crippen molar-refractivity contribution in [3.63, 3.8) is 0 Å². The van der Waals surface area contributed by atoms with E-state index in [0.29, 0.717) is 6.61 Å². The van der Waals surface area contributed by atoms with Crippen molar-refractivity contribution in [3.05, 3.63) is 102 Å². The van der Waals surface area contributed by atoms with E-state index in [9.17, 15) is 4.79 Å². The van der Waals surface area contributed by atoms with Gasteiger partial charge in [-0.05, 0) is 41.0 Å². The number of benzene rings is 3. The molecule has 0 bridgehead atoms. The lowest BCUT2D eigenvalue weighted by Crippen LogP contribution is -2.19. The van der Waals surface area contributed by atoms with Gasteiger partial charge in [-0.15, -0.1) is 10.2 Å². The molecule has 4 aromatic rings. The van der Waals surface area contributed by atoms with Crippen LogP contribution in [-0.2, 0) is 17.2 Å². The van der Waals surface area contributed by atoms with Crippen LogP contribution in [0.4, 0.5) is 0 Å². The first-order valence-corrected chi connectivity index (χ1v) is 13.2. The summed E-state index contributed by atoms with van der Waals surface area (Å²) in [6.45, 7) is 0.518. The third-order valence-corrected chi connectivity index (χ3v) is 7.71. The van der Waals surface area contributed by atoms with Gasteiger partial charge in [0.2, 0.25) is 0 Å². The first-order valence-electron chi connectivity index (χ1n) is 10.5. The number of hydrogen-bond acceptors (Lipinski definition) is 8. The Morgan fingerprint density at radius 3 is 2.24 bits per heavy atom. The summed E-state index contributed by atoms with van der Waals surface area (Å²) in [6, 6.07) is 27.8. The van der Waals surface area contributed by atoms with Gasteiger partial charge >= 0.3 is 0 Å². The van der Waals surface area contributed by atoms with E-state index in [2.05, 4.69) is 32.9 Å². The summed E-state index contributed by atoms with van der Waals surface area (Å²) in [4.78, 5) is 12.1. The number of amides is 1. The summed E-state index contributed by atoms with van der Waals surface area (Å²) < 4.78 is 7.43. The van der Waals surface area contributed by atoms with Gasteiger partial charge in [-0.1, -0.05) is 95.5 Å². The minimum atomic E-state index is -0.197. The zero-order valence-electron chi connectivity index (χ0n) is 18.2. The smallest absolute Gasteiger partial charge is 0.250 e. The molecule has 0 fully saturated rings. The molecule has 1 aromatic heterocycles. The van der Waals surface area contributed by atoms with Gasteiger partial charge in [0.05, 0.1) is 12.0 Å². The minimum absolute atomic E-state index is 0.197. The zero-order valence-corrected chi connectivity index (χ0v) is 20.6. The SMILES string of the molecule is O=C(CSc1nnc(SCc2ccccc2)s1)N/N=C/c1ccc(OCc2ccccc2)cc1. The Hall–Kier alpha value is -3.14. The van der Waals surface area contributed by atoms with Crippen LogP contribution in [0.2, 0.25) is 0 Å². The molecule has 0 aliphatic carbocycles. The fraction of sp³-hybridized carbons (Fsp3) is 0.120. The van der Waals surface area contributed by atoms with Crippen molar-refractivity contribution in [2.75, 3.05) is 5.75 Å². The molecular formula is C25H22N4O2S3. The van der Waals surface area contributed by atoms with Crippen molar-refractivity contribution < 1.29 is 9.53 Å². The molecule has 0 aliphatic heterocycles. The molecule has 0 saturated heterocycles. The molecule has 0 spiro atoms. The van der Waals surface area contributed by atoms with Crippen LogP contribution in [0.15, 0.2) is 98.7 Å². The Labute approximate surface area is 210 Å². The molecule has 0 aliphatic rings. The molecule has 172 valence electrons. The first-order chi connectivity index (χ1) is 16.7. The molecule has 4 rings (SSSR count). The molecule has 3 aromatic carbocycles. The lowest BCUT2D eigenvalue weighted by molar-refractivity contribution is -0.118. The van der Waals surface area contributed by atoms with Crippen LogP contribution in [0.5, 0.6) is 5.75 Å². The molecule has 0 unspecified atom stereocenters. The fourth-order valence-electron chi connectivity index (χ4n) is 2.76. The Balaban J connectivity index is 1.15. The second kappa shape index (κ2) is 12.9. The highest BCUT2D eigenvalue weighted by Crippen LogP contribution is 2.30. The molecular weight excluding hydrogens is 485 g/mol. The molecule has 1 amide bonds. The Morgan fingerprint density at radius 2 is 1.53 bits per heavy atom. The van der Waals surface area contributed by atoms with E-state index in [1.165, 1.54) is 28.7 Å². The van der Waals surface area contributed by atoms with Gasteiger partial charge in [0.1, 0.15) is 12.4 Å². The highest BCUT2D eigenvalue weighted by Gasteiger charge is 2.08. The van der Waals surface area contributed by atoms with E-state index in [1.807, 2.05) is 72.8 Å². The third-order valence-electron chi connectivity index (χ3n) is 4.45. The largest absolute Gasteiger partial charge is 0.489 e. The van der Waals surface area contributed by atoms with Gasteiger partial charge in [0, 0.05) is 5.75 Å². The number of ether oxygens (including phenoxy) is 1. The van der Waals surface area contributed by atoms with E-state index in [1.54, 1.807) is 18.0 Å². The number of aromatic nitrogens is 2. The Bertz CT molecular complexity index is 1200. The van der Waals surface area contributed by atoms with Crippen molar-refractivity contribution in [3.8, 4) is 5.75 Å². The van der Waals surface area contributed by atoms with E-state index in [0.717, 1.165) is 31.3 Å². The topological polar surface area (TPSA) is 76.5 Å². The van der Waals surface area contributed by atoms with E-state index < -0.39 is 0 Å². The zero-order chi connectivity index (χ0) is 23.4. The van der Waals surface area contributed by atoms with Gasteiger partial charge in [-0.25, -0.2) is 5.43 Å². The van der Waals surface area contributed by atoms with Gasteiger partial charge in [0.25, 0.3) is 5.91 Å². The van der Waals surface area contributed by atoms with E-state index in [-0.39, 0.29) is 11.7 Å². The van der Waals surface area contributed by atoms with Gasteiger partial charge in [0.15, 0.2) is 8.68 Å². The van der Waals surface area contributed by atoms with E-state index >= 15 is 0 Å². The molecule has 0 radical (unpaired) electrons. The summed E-state index contributed by atoms with van der Waals surface area (Å²) in [5.41, 5.74) is 5.77. The number of carbonyl (C=O) groups excluding carboxylic acids is 1. The maximum atomic E-state index is 12.1. The van der Waals surface area contributed by atoms with E-state index in [4.69, 9.17) is 4.74 Å². The molecule has 6 nitrogen and oxygen atoms in total. The van der Waals surface area contributed by atoms with Gasteiger partial charge in [-0.2, -0.15) is 5.10 Å². The second-order valence-corrected chi connectivity index (χ2v) is 10.5. The molecule has 1 N–H and O–H groups in total. The predicted octanol–water partition coefficient (Wildman–Crippen LogP) is 5.65. The summed E-state index contributed by atoms with van der Waals surface area (Å²) >= 11 is 4.49. The van der Waals surface area contributed by atoms with Crippen LogP contribution in [0.25, 0.3) is 0 Å². The Morgan fingerprint density at radius 1 is 0.882 bits per heavy atom. The summed E-state index contributed by atoms with van der Waals surface area (Å²) in [7, 11) is 0. The fourth-order valence-corrected chi connectivity index (χ4v) is 5.53. The number of hydrogen-bond donors (Lipinski definition) is 1. The average molecular weight is 507 g/mol. The van der Waals surface area contributed by atoms with Gasteiger partial charge in [-0.3, -0.25) is 4.79 Å². The van der Waals surface area contributed by atoms with Crippen molar-refractivity contribution in [1.82, 2.24) is 15.6 Å². The average Bonchev–Trinajstić information content (AvgIpc) is 3.35. The number of nitrogens with one attached hydrogen (secondary N) is 1. The maximum absolute atomic E-state index is 12.1. The molecule has 34 heavy (non-hydrogen) atoms. The summed E-state index contributed by atoms with van der Waals surface area (Å²) in [5.74, 6) is 1.65. The second-order valence-electron chi connectivity index (χ2n) is 7.03. The van der Waals surface area contributed by atoms with Crippen LogP contribution in [0.1, 0.15) is 16.7 Å². The summed E-state index contributed by atoms with van der Waals surface area (Å²) in [6.07, 6.45) is 1.60. The van der Waals surface area contributed by atoms with Crippen LogP contribution >= 0.6 is 34.9 Å². The van der Waals surface area contributed by atoms with Crippen molar-refractivity contribution in [1.29, 1.82) is 0 Å². The highest BCUT2D eigenvalue weighted by molar-refractivity contribution is 8.03. The Kier molecular flexibility index (Phi) is 9.13. The molecule has 9 heteroatoms. The number of hydrazone groups is 1. The summed E-state index contributed by atoms with van der Waals surface area (Å²) in [5, 5.41) is 12.4. The van der Waals surface area contributed by atoms with Gasteiger partial charge < -0.3 is 4.74 Å². The van der Waals surface area contributed by atoms with Crippen molar-refractivity contribution in [2.24, 2.45) is 5.10 Å². The lowest BCUT2D eigenvalue weighted by Gasteiger charge is -2.06. The minimum Gasteiger partial charge on any atom is -0.489 e. The molecule has 0 saturated carbocycles.